The van der Waals surface area contributed by atoms with E-state index in [0.29, 0.717) is 0 Å². The van der Waals surface area contributed by atoms with Gasteiger partial charge in [0.05, 0.1) is 24.8 Å². The molecule has 0 spiro atoms. The van der Waals surface area contributed by atoms with Gasteiger partial charge in [0.2, 0.25) is 0 Å². The van der Waals surface area contributed by atoms with Gasteiger partial charge in [-0.15, -0.1) is 0 Å². The third-order valence-corrected chi connectivity index (χ3v) is 6.27. The normalized spacial score (nSPS) is 23.5. The van der Waals surface area contributed by atoms with Crippen LogP contribution in [0.25, 0.3) is 0 Å². The van der Waals surface area contributed by atoms with Crippen molar-refractivity contribution in [1.29, 1.82) is 0 Å². The van der Waals surface area contributed by atoms with E-state index in [1.807, 2.05) is 36.0 Å². The van der Waals surface area contributed by atoms with E-state index in [1.165, 1.54) is 0 Å². The van der Waals surface area contributed by atoms with Crippen molar-refractivity contribution < 1.29 is 9.53 Å². The van der Waals surface area contributed by atoms with Gasteiger partial charge in [-0.1, -0.05) is 12.1 Å². The Balaban J connectivity index is 1.75. The van der Waals surface area contributed by atoms with Crippen LogP contribution in [-0.2, 0) is 4.74 Å². The minimum atomic E-state index is 0.151. The molecule has 126 valence electrons. The molecule has 2 fully saturated rings. The third kappa shape index (κ3) is 4.50. The second-order valence-corrected chi connectivity index (χ2v) is 7.98. The van der Waals surface area contributed by atoms with Gasteiger partial charge in [0.15, 0.2) is 0 Å². The number of ether oxygens (including phenoxy) is 1. The van der Waals surface area contributed by atoms with Gasteiger partial charge < -0.3 is 9.64 Å². The zero-order chi connectivity index (χ0) is 16.1. The zero-order valence-electron chi connectivity index (χ0n) is 13.2. The van der Waals surface area contributed by atoms with Crippen LogP contribution in [0.2, 0.25) is 0 Å². The van der Waals surface area contributed by atoms with Crippen LogP contribution in [-0.4, -0.2) is 72.6 Å². The number of hydrogen-bond donors (Lipinski definition) is 0. The number of halogens is 1. The van der Waals surface area contributed by atoms with E-state index in [0.717, 1.165) is 67.4 Å². The molecule has 23 heavy (non-hydrogen) atoms. The number of nitrogens with zero attached hydrogens (tertiary/aromatic N) is 2. The number of rotatable bonds is 3. The minimum absolute atomic E-state index is 0.151. The number of thioether (sulfide) groups is 1. The van der Waals surface area contributed by atoms with Crippen molar-refractivity contribution in [3.8, 4) is 0 Å². The first-order valence-corrected chi connectivity index (χ1v) is 10.1. The Bertz CT molecular complexity index is 537. The molecular formula is C17H23BrN2O2S. The van der Waals surface area contributed by atoms with Gasteiger partial charge in [-0.05, 0) is 40.2 Å². The van der Waals surface area contributed by atoms with Gasteiger partial charge in [-0.3, -0.25) is 9.69 Å². The second kappa shape index (κ2) is 8.51. The molecular weight excluding hydrogens is 376 g/mol. The topological polar surface area (TPSA) is 32.8 Å². The molecule has 1 aromatic carbocycles. The molecule has 2 saturated heterocycles. The van der Waals surface area contributed by atoms with Crippen LogP contribution in [0.5, 0.6) is 0 Å². The summed E-state index contributed by atoms with van der Waals surface area (Å²) in [7, 11) is 0. The Hall–Kier alpha value is -0.560. The Kier molecular flexibility index (Phi) is 6.39. The maximum atomic E-state index is 13.1. The van der Waals surface area contributed by atoms with E-state index in [1.54, 1.807) is 0 Å². The molecule has 1 atom stereocenters. The summed E-state index contributed by atoms with van der Waals surface area (Å²) >= 11 is 5.49. The van der Waals surface area contributed by atoms with Crippen LogP contribution in [0.3, 0.4) is 0 Å². The summed E-state index contributed by atoms with van der Waals surface area (Å²) in [5.41, 5.74) is 0.770. The number of hydrogen-bond acceptors (Lipinski definition) is 4. The lowest BCUT2D eigenvalue weighted by Gasteiger charge is -2.35. The highest BCUT2D eigenvalue weighted by Gasteiger charge is 2.29. The largest absolute Gasteiger partial charge is 0.379 e. The van der Waals surface area contributed by atoms with Crippen LogP contribution in [0.1, 0.15) is 16.8 Å². The fourth-order valence-electron chi connectivity index (χ4n) is 3.12. The molecule has 1 aromatic rings. The maximum absolute atomic E-state index is 13.1. The Morgan fingerprint density at radius 1 is 1.26 bits per heavy atom. The number of amides is 1. The van der Waals surface area contributed by atoms with Crippen LogP contribution in [0.4, 0.5) is 0 Å². The van der Waals surface area contributed by atoms with Gasteiger partial charge >= 0.3 is 0 Å². The van der Waals surface area contributed by atoms with Crippen molar-refractivity contribution in [2.75, 3.05) is 50.9 Å². The molecule has 4 nitrogen and oxygen atoms in total. The summed E-state index contributed by atoms with van der Waals surface area (Å²) < 4.78 is 6.32. The van der Waals surface area contributed by atoms with Crippen molar-refractivity contribution in [3.63, 3.8) is 0 Å². The Morgan fingerprint density at radius 3 is 2.83 bits per heavy atom. The van der Waals surface area contributed by atoms with E-state index < -0.39 is 0 Å². The van der Waals surface area contributed by atoms with Crippen molar-refractivity contribution in [1.82, 2.24) is 9.80 Å². The molecule has 0 radical (unpaired) electrons. The van der Waals surface area contributed by atoms with Crippen LogP contribution < -0.4 is 0 Å². The minimum Gasteiger partial charge on any atom is -0.379 e. The van der Waals surface area contributed by atoms with E-state index in [2.05, 4.69) is 25.7 Å². The molecule has 0 aliphatic carbocycles. The molecule has 3 rings (SSSR count). The predicted molar refractivity (Wildman–Crippen MR) is 98.2 cm³/mol. The standard InChI is InChI=1S/C17H23BrN2O2S/c18-16-5-2-1-4-15(16)17(21)20-6-3-11-23-13-14(20)12-19-7-9-22-10-8-19/h1-2,4-5,14H,3,6-13H2. The lowest BCUT2D eigenvalue weighted by Crippen LogP contribution is -2.50. The van der Waals surface area contributed by atoms with Crippen molar-refractivity contribution in [3.05, 3.63) is 34.3 Å². The molecule has 2 heterocycles. The van der Waals surface area contributed by atoms with Crippen molar-refractivity contribution >= 4 is 33.6 Å². The molecule has 0 bridgehead atoms. The zero-order valence-corrected chi connectivity index (χ0v) is 15.7. The Morgan fingerprint density at radius 2 is 2.04 bits per heavy atom. The number of benzene rings is 1. The number of morpholine rings is 1. The first kappa shape index (κ1) is 17.3. The molecule has 2 aliphatic rings. The highest BCUT2D eigenvalue weighted by molar-refractivity contribution is 9.10. The molecule has 6 heteroatoms. The maximum Gasteiger partial charge on any atom is 0.255 e. The van der Waals surface area contributed by atoms with Gasteiger partial charge in [-0.25, -0.2) is 0 Å². The summed E-state index contributed by atoms with van der Waals surface area (Å²) in [6.45, 7) is 5.35. The van der Waals surface area contributed by atoms with Crippen molar-refractivity contribution in [2.24, 2.45) is 0 Å². The summed E-state index contributed by atoms with van der Waals surface area (Å²) in [5, 5.41) is 0. The molecule has 0 saturated carbocycles. The highest BCUT2D eigenvalue weighted by Crippen LogP contribution is 2.23. The molecule has 1 unspecified atom stereocenters. The van der Waals surface area contributed by atoms with Gasteiger partial charge in [0.25, 0.3) is 5.91 Å². The predicted octanol–water partition coefficient (Wildman–Crippen LogP) is 2.73. The first-order valence-electron chi connectivity index (χ1n) is 8.19. The number of carbonyl (C=O) groups is 1. The smallest absolute Gasteiger partial charge is 0.255 e. The summed E-state index contributed by atoms with van der Waals surface area (Å²) in [5.74, 6) is 2.31. The number of carbonyl (C=O) groups excluding carboxylic acids is 1. The quantitative estimate of drug-likeness (QED) is 0.783. The van der Waals surface area contributed by atoms with Gasteiger partial charge in [0.1, 0.15) is 0 Å². The van der Waals surface area contributed by atoms with Gasteiger partial charge in [0, 0.05) is 36.4 Å². The fourth-order valence-corrected chi connectivity index (χ4v) is 4.63. The fraction of sp³-hybridized carbons (Fsp3) is 0.588. The SMILES string of the molecule is O=C(c1ccccc1Br)N1CCCSCC1CN1CCOCC1. The monoisotopic (exact) mass is 398 g/mol. The summed E-state index contributed by atoms with van der Waals surface area (Å²) in [4.78, 5) is 17.6. The lowest BCUT2D eigenvalue weighted by molar-refractivity contribution is 0.0245. The summed E-state index contributed by atoms with van der Waals surface area (Å²) in [6.07, 6.45) is 1.07. The highest BCUT2D eigenvalue weighted by atomic mass is 79.9. The average Bonchev–Trinajstić information content (AvgIpc) is 2.81. The molecule has 1 amide bonds. The summed E-state index contributed by atoms with van der Waals surface area (Å²) in [6, 6.07) is 8.01. The Labute approximate surface area is 150 Å². The second-order valence-electron chi connectivity index (χ2n) is 5.97. The third-order valence-electron chi connectivity index (χ3n) is 4.38. The van der Waals surface area contributed by atoms with E-state index in [4.69, 9.17) is 4.74 Å². The van der Waals surface area contributed by atoms with Crippen LogP contribution >= 0.6 is 27.7 Å². The molecule has 0 N–H and O–H groups in total. The van der Waals surface area contributed by atoms with Gasteiger partial charge in [-0.2, -0.15) is 11.8 Å². The van der Waals surface area contributed by atoms with E-state index in [-0.39, 0.29) is 11.9 Å². The molecule has 0 aromatic heterocycles. The van der Waals surface area contributed by atoms with E-state index in [9.17, 15) is 4.79 Å². The van der Waals surface area contributed by atoms with Crippen LogP contribution in [0, 0.1) is 0 Å². The van der Waals surface area contributed by atoms with Crippen LogP contribution in [0.15, 0.2) is 28.7 Å². The molecule has 2 aliphatic heterocycles. The van der Waals surface area contributed by atoms with Crippen molar-refractivity contribution in [2.45, 2.75) is 12.5 Å². The first-order chi connectivity index (χ1) is 11.3. The average molecular weight is 399 g/mol. The lowest BCUT2D eigenvalue weighted by atomic mass is 10.1. The van der Waals surface area contributed by atoms with E-state index >= 15 is 0 Å².